The molecule has 3 N–H and O–H groups in total. The maximum atomic E-state index is 10.5. The van der Waals surface area contributed by atoms with Gasteiger partial charge in [-0.05, 0) is 12.6 Å². The highest BCUT2D eigenvalue weighted by Crippen LogP contribution is 2.29. The van der Waals surface area contributed by atoms with Gasteiger partial charge in [0.25, 0.3) is 0 Å². The van der Waals surface area contributed by atoms with Crippen molar-refractivity contribution < 1.29 is 39.1 Å². The van der Waals surface area contributed by atoms with Gasteiger partial charge in [-0.25, -0.2) is 0 Å². The first-order valence-corrected chi connectivity index (χ1v) is 6.72. The fourth-order valence-corrected chi connectivity index (χ4v) is 2.21. The zero-order valence-electron chi connectivity index (χ0n) is 9.13. The van der Waals surface area contributed by atoms with Gasteiger partial charge in [0.2, 0.25) is 0 Å². The summed E-state index contributed by atoms with van der Waals surface area (Å²) in [5.74, 6) is 0. The van der Waals surface area contributed by atoms with Crippen molar-refractivity contribution in [3.05, 3.63) is 0 Å². The van der Waals surface area contributed by atoms with Gasteiger partial charge < -0.3 is 39.1 Å². The third kappa shape index (κ3) is 3.97. The second-order valence-electron chi connectivity index (χ2n) is 3.87. The molecule has 17 heavy (non-hydrogen) atoms. The lowest BCUT2D eigenvalue weighted by Crippen LogP contribution is -2.58. The Bertz CT molecular complexity index is 289. The molecule has 1 fully saturated rings. The molecule has 1 rings (SSSR count). The Morgan fingerprint density at radius 2 is 1.82 bits per heavy atom. The molecule has 0 aromatic rings. The van der Waals surface area contributed by atoms with Gasteiger partial charge in [-0.3, -0.25) is 0 Å². The lowest BCUT2D eigenvalue weighted by atomic mass is 9.97. The minimum absolute atomic E-state index is 0.269. The molecule has 5 atom stereocenters. The quantitative estimate of drug-likeness (QED) is 0.452. The number of aliphatic hydroxyl groups is 3. The van der Waals surface area contributed by atoms with Crippen molar-refractivity contribution in [3.8, 4) is 0 Å². The number of methoxy groups -OCH3 is 1. The minimum Gasteiger partial charge on any atom is -0.811 e. The third-order valence-electron chi connectivity index (χ3n) is 2.59. The van der Waals surface area contributed by atoms with E-state index in [2.05, 4.69) is 0 Å². The van der Waals surface area contributed by atoms with Crippen LogP contribution >= 0.6 is 7.60 Å². The molecule has 1 aliphatic heterocycles. The van der Waals surface area contributed by atoms with Crippen molar-refractivity contribution in [2.24, 2.45) is 0 Å². The Kier molecular flexibility index (Phi) is 5.06. The lowest BCUT2D eigenvalue weighted by Gasteiger charge is -2.41. The summed E-state index contributed by atoms with van der Waals surface area (Å²) in [7, 11) is -3.47. The van der Waals surface area contributed by atoms with Crippen molar-refractivity contribution in [3.63, 3.8) is 0 Å². The van der Waals surface area contributed by atoms with E-state index in [0.29, 0.717) is 0 Å². The number of aliphatic hydroxyl groups excluding tert-OH is 3. The molecule has 102 valence electrons. The van der Waals surface area contributed by atoms with Gasteiger partial charge in [-0.2, -0.15) is 0 Å². The van der Waals surface area contributed by atoms with Crippen molar-refractivity contribution in [1.82, 2.24) is 0 Å². The van der Waals surface area contributed by atoms with E-state index in [1.165, 1.54) is 7.11 Å². The fourth-order valence-electron chi connectivity index (χ4n) is 1.64. The van der Waals surface area contributed by atoms with Gasteiger partial charge in [0.15, 0.2) is 6.29 Å². The first kappa shape index (κ1) is 15.0. The van der Waals surface area contributed by atoms with Gasteiger partial charge >= 0.3 is 0 Å². The van der Waals surface area contributed by atoms with E-state index in [-0.39, 0.29) is 6.42 Å². The van der Waals surface area contributed by atoms with Gasteiger partial charge in [0.05, 0.1) is 6.10 Å². The monoisotopic (exact) mass is 270 g/mol. The van der Waals surface area contributed by atoms with Crippen LogP contribution in [0, 0.1) is 0 Å². The van der Waals surface area contributed by atoms with E-state index in [4.69, 9.17) is 9.47 Å². The molecule has 0 aromatic heterocycles. The molecule has 1 saturated heterocycles. The number of hydrogen-bond acceptors (Lipinski definition) is 8. The second kappa shape index (κ2) is 5.73. The molecule has 0 aromatic carbocycles. The first-order chi connectivity index (χ1) is 7.76. The predicted molar refractivity (Wildman–Crippen MR) is 50.8 cm³/mol. The maximum absolute atomic E-state index is 10.5. The molecule has 1 heterocycles. The molecule has 0 aliphatic carbocycles. The minimum atomic E-state index is -4.70. The van der Waals surface area contributed by atoms with E-state index in [1.807, 2.05) is 0 Å². The highest BCUT2D eigenvalue weighted by molar-refractivity contribution is 7.48. The maximum Gasteiger partial charge on any atom is 0.186 e. The van der Waals surface area contributed by atoms with Gasteiger partial charge in [0, 0.05) is 7.11 Å². The van der Waals surface area contributed by atoms with Crippen LogP contribution in [0.15, 0.2) is 0 Å². The van der Waals surface area contributed by atoms with Crippen molar-refractivity contribution in [2.75, 3.05) is 13.3 Å². The van der Waals surface area contributed by atoms with Crippen molar-refractivity contribution in [2.45, 2.75) is 37.1 Å². The van der Waals surface area contributed by atoms with Gasteiger partial charge in [-0.15, -0.1) is 0 Å². The fraction of sp³-hybridized carbons (Fsp3) is 1.00. The molecular formula is C8H15O8P-2. The molecule has 8 nitrogen and oxygen atoms in total. The Morgan fingerprint density at radius 3 is 2.29 bits per heavy atom. The average molecular weight is 270 g/mol. The Morgan fingerprint density at radius 1 is 1.24 bits per heavy atom. The Hall–Kier alpha value is -0.0500. The zero-order chi connectivity index (χ0) is 13.2. The van der Waals surface area contributed by atoms with E-state index in [1.54, 1.807) is 0 Å². The van der Waals surface area contributed by atoms with Crippen LogP contribution in [-0.4, -0.2) is 59.3 Å². The van der Waals surface area contributed by atoms with Crippen molar-refractivity contribution >= 4 is 7.60 Å². The number of hydrogen-bond donors (Lipinski definition) is 3. The summed E-state index contributed by atoms with van der Waals surface area (Å²) in [4.78, 5) is 20.9. The molecule has 1 aliphatic rings. The van der Waals surface area contributed by atoms with Gasteiger partial charge in [0.1, 0.15) is 18.3 Å². The van der Waals surface area contributed by atoms with Crippen molar-refractivity contribution in [1.29, 1.82) is 0 Å². The van der Waals surface area contributed by atoms with Crippen LogP contribution in [0.2, 0.25) is 0 Å². The van der Waals surface area contributed by atoms with E-state index >= 15 is 0 Å². The standard InChI is InChI=1S/C8H17O8P/c1-15-8-7(11)6(10)5(9)4(16-8)2-3-17(12,13)14/h4-11H,2-3H2,1H3,(H2,12,13,14)/p-2/t4-,5-,6+,7+,8+/m1/s1. The molecule has 0 saturated carbocycles. The summed E-state index contributed by atoms with van der Waals surface area (Å²) in [5, 5.41) is 28.4. The van der Waals surface area contributed by atoms with Crippen LogP contribution in [0.4, 0.5) is 0 Å². The molecule has 0 unspecified atom stereocenters. The molecule has 0 radical (unpaired) electrons. The Balaban J connectivity index is 2.62. The summed E-state index contributed by atoms with van der Waals surface area (Å²) < 4.78 is 20.2. The summed E-state index contributed by atoms with van der Waals surface area (Å²) in [5.41, 5.74) is 0. The smallest absolute Gasteiger partial charge is 0.186 e. The van der Waals surface area contributed by atoms with E-state index in [0.717, 1.165) is 0 Å². The van der Waals surface area contributed by atoms with Crippen LogP contribution in [0.1, 0.15) is 6.42 Å². The van der Waals surface area contributed by atoms with Crippen LogP contribution in [0.25, 0.3) is 0 Å². The molecule has 0 amide bonds. The third-order valence-corrected chi connectivity index (χ3v) is 3.39. The summed E-state index contributed by atoms with van der Waals surface area (Å²) in [6, 6.07) is 0. The molecular weight excluding hydrogens is 255 g/mol. The molecule has 0 spiro atoms. The topological polar surface area (TPSA) is 142 Å². The first-order valence-electron chi connectivity index (χ1n) is 5.00. The largest absolute Gasteiger partial charge is 0.811 e. The zero-order valence-corrected chi connectivity index (χ0v) is 10.0. The van der Waals surface area contributed by atoms with E-state index < -0.39 is 44.5 Å². The number of rotatable bonds is 4. The SMILES string of the molecule is CO[C@H]1O[C@H](CCP(=O)([O-])[O-])[C@@H](O)[C@H](O)[C@@H]1O. The second-order valence-corrected chi connectivity index (χ2v) is 5.54. The van der Waals surface area contributed by atoms with Crippen LogP contribution in [0.3, 0.4) is 0 Å². The molecule has 9 heteroatoms. The average Bonchev–Trinajstić information content (AvgIpc) is 2.24. The number of ether oxygens (including phenoxy) is 2. The van der Waals surface area contributed by atoms with E-state index in [9.17, 15) is 29.7 Å². The molecule has 0 bridgehead atoms. The summed E-state index contributed by atoms with van der Waals surface area (Å²) in [6.45, 7) is 0. The highest BCUT2D eigenvalue weighted by Gasteiger charge is 2.43. The summed E-state index contributed by atoms with van der Waals surface area (Å²) in [6.07, 6.45) is -7.63. The predicted octanol–water partition coefficient (Wildman–Crippen LogP) is -3.26. The normalized spacial score (nSPS) is 39.3. The van der Waals surface area contributed by atoms with Crippen LogP contribution < -0.4 is 9.79 Å². The summed E-state index contributed by atoms with van der Waals surface area (Å²) >= 11 is 0. The van der Waals surface area contributed by atoms with Gasteiger partial charge in [-0.1, -0.05) is 7.60 Å². The van der Waals surface area contributed by atoms with Crippen LogP contribution in [0.5, 0.6) is 0 Å². The lowest BCUT2D eigenvalue weighted by molar-refractivity contribution is -0.315. The van der Waals surface area contributed by atoms with Crippen LogP contribution in [-0.2, 0) is 14.0 Å². The highest BCUT2D eigenvalue weighted by atomic mass is 31.2. The Labute approximate surface area is 97.9 Å².